The van der Waals surface area contributed by atoms with Gasteiger partial charge in [-0.25, -0.2) is 9.97 Å². The van der Waals surface area contributed by atoms with Crippen molar-refractivity contribution in [3.05, 3.63) is 36.5 Å². The Hall–Kier alpha value is -2.74. The van der Waals surface area contributed by atoms with Gasteiger partial charge < -0.3 is 14.8 Å². The molecule has 0 radical (unpaired) electrons. The molecule has 1 saturated heterocycles. The van der Waals surface area contributed by atoms with Crippen LogP contribution in [0.4, 0.5) is 5.82 Å². The number of rotatable bonds is 6. The fourth-order valence-electron chi connectivity index (χ4n) is 2.89. The van der Waals surface area contributed by atoms with Crippen LogP contribution in [-0.4, -0.2) is 44.6 Å². The van der Waals surface area contributed by atoms with Crippen molar-refractivity contribution in [1.29, 1.82) is 0 Å². The maximum atomic E-state index is 5.97. The van der Waals surface area contributed by atoms with Gasteiger partial charge in [0.1, 0.15) is 17.9 Å². The summed E-state index contributed by atoms with van der Waals surface area (Å²) in [6.45, 7) is 2.83. The molecule has 1 atom stereocenters. The molecule has 8 heteroatoms. The maximum Gasteiger partial charge on any atom is 0.163 e. The summed E-state index contributed by atoms with van der Waals surface area (Å²) >= 11 is 0. The summed E-state index contributed by atoms with van der Waals surface area (Å²) in [5.74, 6) is 2.00. The smallest absolute Gasteiger partial charge is 0.163 e. The van der Waals surface area contributed by atoms with E-state index in [0.717, 1.165) is 47.8 Å². The summed E-state index contributed by atoms with van der Waals surface area (Å²) in [5, 5.41) is 8.47. The average molecular weight is 340 g/mol. The minimum atomic E-state index is 0.456. The van der Waals surface area contributed by atoms with Crippen LogP contribution in [0.15, 0.2) is 31.0 Å². The molecule has 0 saturated carbocycles. The number of nitrogens with zero attached hydrogens (tertiary/aromatic N) is 5. The van der Waals surface area contributed by atoms with E-state index in [1.54, 1.807) is 23.3 Å². The number of fused-ring (bicyclic) bond motifs is 1. The fraction of sp³-hybridized carbons (Fsp3) is 0.412. The van der Waals surface area contributed by atoms with E-state index in [2.05, 4.69) is 25.4 Å². The summed E-state index contributed by atoms with van der Waals surface area (Å²) in [5.41, 5.74) is 1.83. The second-order valence-electron chi connectivity index (χ2n) is 6.11. The van der Waals surface area contributed by atoms with E-state index in [1.165, 1.54) is 6.33 Å². The highest BCUT2D eigenvalue weighted by Gasteiger charge is 2.17. The number of hydrogen-bond donors (Lipinski definition) is 1. The molecule has 3 aromatic rings. The van der Waals surface area contributed by atoms with E-state index in [1.807, 2.05) is 13.1 Å². The lowest BCUT2D eigenvalue weighted by molar-refractivity contribution is 0.166. The van der Waals surface area contributed by atoms with Gasteiger partial charge in [-0.05, 0) is 12.5 Å². The van der Waals surface area contributed by atoms with Crippen molar-refractivity contribution < 1.29 is 9.47 Å². The highest BCUT2D eigenvalue weighted by molar-refractivity contribution is 5.85. The minimum absolute atomic E-state index is 0.456. The van der Waals surface area contributed by atoms with Gasteiger partial charge in [0.15, 0.2) is 5.65 Å². The molecule has 0 spiro atoms. The van der Waals surface area contributed by atoms with E-state index in [4.69, 9.17) is 9.47 Å². The van der Waals surface area contributed by atoms with Crippen molar-refractivity contribution in [2.45, 2.75) is 13.0 Å². The van der Waals surface area contributed by atoms with Gasteiger partial charge in [-0.2, -0.15) is 5.10 Å². The fourth-order valence-corrected chi connectivity index (χ4v) is 2.89. The number of aryl methyl sites for hydroxylation is 1. The number of anilines is 1. The zero-order valence-electron chi connectivity index (χ0n) is 14.1. The second-order valence-corrected chi connectivity index (χ2v) is 6.11. The number of aromatic nitrogens is 5. The van der Waals surface area contributed by atoms with E-state index in [9.17, 15) is 0 Å². The molecule has 0 bridgehead atoms. The van der Waals surface area contributed by atoms with Crippen molar-refractivity contribution in [2.75, 3.05) is 25.1 Å². The molecule has 1 unspecified atom stereocenters. The third-order valence-corrected chi connectivity index (χ3v) is 4.34. The van der Waals surface area contributed by atoms with Gasteiger partial charge in [0.25, 0.3) is 0 Å². The van der Waals surface area contributed by atoms with Gasteiger partial charge in [-0.1, -0.05) is 0 Å². The standard InChI is InChI=1S/C17H20N6O2/c1-23-17-14(7-22-23)16(20-11-21-17)19-6-13-2-4-18-8-15(13)25-10-12-3-5-24-9-12/h2,4,7-8,11-12H,3,5-6,9-10H2,1H3,(H,19,20,21). The molecule has 130 valence electrons. The van der Waals surface area contributed by atoms with Gasteiger partial charge in [-0.3, -0.25) is 9.67 Å². The SMILES string of the molecule is Cn1ncc2c(NCc3ccncc3OCC3CCOC3)ncnc21. The Morgan fingerprint density at radius 1 is 1.36 bits per heavy atom. The van der Waals surface area contributed by atoms with Crippen molar-refractivity contribution >= 4 is 16.9 Å². The second kappa shape index (κ2) is 7.02. The topological polar surface area (TPSA) is 87.0 Å². The quantitative estimate of drug-likeness (QED) is 0.732. The number of pyridine rings is 1. The number of ether oxygens (including phenoxy) is 2. The summed E-state index contributed by atoms with van der Waals surface area (Å²) in [4.78, 5) is 12.8. The molecular weight excluding hydrogens is 320 g/mol. The average Bonchev–Trinajstić information content (AvgIpc) is 3.29. The van der Waals surface area contributed by atoms with Crippen LogP contribution in [0.5, 0.6) is 5.75 Å². The minimum Gasteiger partial charge on any atom is -0.491 e. The van der Waals surface area contributed by atoms with Crippen LogP contribution in [0.2, 0.25) is 0 Å². The molecule has 0 amide bonds. The molecule has 8 nitrogen and oxygen atoms in total. The molecule has 1 N–H and O–H groups in total. The first-order valence-corrected chi connectivity index (χ1v) is 8.31. The van der Waals surface area contributed by atoms with Crippen LogP contribution >= 0.6 is 0 Å². The van der Waals surface area contributed by atoms with Crippen LogP contribution in [0.1, 0.15) is 12.0 Å². The summed E-state index contributed by atoms with van der Waals surface area (Å²) < 4.78 is 13.1. The van der Waals surface area contributed by atoms with Gasteiger partial charge in [0.05, 0.1) is 31.0 Å². The normalized spacial score (nSPS) is 17.1. The molecule has 0 aromatic carbocycles. The Morgan fingerprint density at radius 3 is 3.20 bits per heavy atom. The Bertz CT molecular complexity index is 859. The van der Waals surface area contributed by atoms with Crippen molar-refractivity contribution in [1.82, 2.24) is 24.7 Å². The Kier molecular flexibility index (Phi) is 4.43. The van der Waals surface area contributed by atoms with Crippen LogP contribution in [-0.2, 0) is 18.3 Å². The van der Waals surface area contributed by atoms with Crippen LogP contribution in [0, 0.1) is 5.92 Å². The van der Waals surface area contributed by atoms with Crippen LogP contribution in [0.3, 0.4) is 0 Å². The van der Waals surface area contributed by atoms with Gasteiger partial charge in [0.2, 0.25) is 0 Å². The van der Waals surface area contributed by atoms with E-state index < -0.39 is 0 Å². The molecule has 3 aromatic heterocycles. The Labute approximate surface area is 145 Å². The number of nitrogens with one attached hydrogen (secondary N) is 1. The summed E-state index contributed by atoms with van der Waals surface area (Å²) in [6.07, 6.45) is 7.88. The molecular formula is C17H20N6O2. The molecule has 25 heavy (non-hydrogen) atoms. The molecule has 4 rings (SSSR count). The lowest BCUT2D eigenvalue weighted by Gasteiger charge is -2.14. The van der Waals surface area contributed by atoms with E-state index >= 15 is 0 Å². The molecule has 1 fully saturated rings. The van der Waals surface area contributed by atoms with Crippen LogP contribution in [0.25, 0.3) is 11.0 Å². The molecule has 4 heterocycles. The third-order valence-electron chi connectivity index (χ3n) is 4.34. The summed E-state index contributed by atoms with van der Waals surface area (Å²) in [7, 11) is 1.86. The first kappa shape index (κ1) is 15.8. The molecule has 0 aliphatic carbocycles. The lowest BCUT2D eigenvalue weighted by Crippen LogP contribution is -2.13. The van der Waals surface area contributed by atoms with Gasteiger partial charge in [0, 0.05) is 37.9 Å². The monoisotopic (exact) mass is 340 g/mol. The van der Waals surface area contributed by atoms with Crippen molar-refractivity contribution in [2.24, 2.45) is 13.0 Å². The highest BCUT2D eigenvalue weighted by Crippen LogP contribution is 2.23. The van der Waals surface area contributed by atoms with E-state index in [0.29, 0.717) is 19.1 Å². The number of hydrogen-bond acceptors (Lipinski definition) is 7. The maximum absolute atomic E-state index is 5.97. The molecule has 1 aliphatic heterocycles. The van der Waals surface area contributed by atoms with Crippen LogP contribution < -0.4 is 10.1 Å². The van der Waals surface area contributed by atoms with E-state index in [-0.39, 0.29) is 0 Å². The predicted molar refractivity (Wildman–Crippen MR) is 92.3 cm³/mol. The predicted octanol–water partition coefficient (Wildman–Crippen LogP) is 1.79. The summed E-state index contributed by atoms with van der Waals surface area (Å²) in [6, 6.07) is 1.95. The lowest BCUT2D eigenvalue weighted by atomic mass is 10.1. The zero-order valence-corrected chi connectivity index (χ0v) is 14.1. The first-order chi connectivity index (χ1) is 12.3. The zero-order chi connectivity index (χ0) is 17.1. The molecule has 1 aliphatic rings. The van der Waals surface area contributed by atoms with Crippen molar-refractivity contribution in [3.8, 4) is 5.75 Å². The van der Waals surface area contributed by atoms with Crippen molar-refractivity contribution in [3.63, 3.8) is 0 Å². The van der Waals surface area contributed by atoms with Gasteiger partial charge >= 0.3 is 0 Å². The highest BCUT2D eigenvalue weighted by atomic mass is 16.5. The Balaban J connectivity index is 1.47. The van der Waals surface area contributed by atoms with Gasteiger partial charge in [-0.15, -0.1) is 0 Å². The third kappa shape index (κ3) is 3.39. The largest absolute Gasteiger partial charge is 0.491 e. The first-order valence-electron chi connectivity index (χ1n) is 8.31. The Morgan fingerprint density at radius 2 is 2.32 bits per heavy atom.